The predicted molar refractivity (Wildman–Crippen MR) is 126 cm³/mol. The Morgan fingerprint density at radius 3 is 2.42 bits per heavy atom. The van der Waals surface area contributed by atoms with Crippen LogP contribution in [0.5, 0.6) is 11.5 Å². The van der Waals surface area contributed by atoms with E-state index in [4.69, 9.17) is 9.47 Å². The summed E-state index contributed by atoms with van der Waals surface area (Å²) in [7, 11) is 3.15. The number of hydrogen-bond acceptors (Lipinski definition) is 4. The summed E-state index contributed by atoms with van der Waals surface area (Å²) in [5.41, 5.74) is 4.67. The van der Waals surface area contributed by atoms with Gasteiger partial charge in [0.2, 0.25) is 5.91 Å². The van der Waals surface area contributed by atoms with Gasteiger partial charge in [0.05, 0.1) is 26.7 Å². The minimum absolute atomic E-state index is 0.0725. The lowest BCUT2D eigenvalue weighted by atomic mass is 10.0. The van der Waals surface area contributed by atoms with Gasteiger partial charge in [0, 0.05) is 18.7 Å². The highest BCUT2D eigenvalue weighted by Crippen LogP contribution is 2.37. The van der Waals surface area contributed by atoms with Gasteiger partial charge in [-0.05, 0) is 41.8 Å². The van der Waals surface area contributed by atoms with Gasteiger partial charge in [0.15, 0.2) is 11.5 Å². The minimum atomic E-state index is -0.442. The Bertz CT molecular complexity index is 1160. The Morgan fingerprint density at radius 2 is 1.73 bits per heavy atom. The van der Waals surface area contributed by atoms with Crippen molar-refractivity contribution in [1.29, 1.82) is 0 Å². The van der Waals surface area contributed by atoms with Crippen LogP contribution in [0.15, 0.2) is 66.7 Å². The molecule has 0 aliphatic carbocycles. The summed E-state index contributed by atoms with van der Waals surface area (Å²) < 4.78 is 10.8. The summed E-state index contributed by atoms with van der Waals surface area (Å²) in [6, 6.07) is 20.7. The molecular weight excluding hydrogens is 416 g/mol. The molecule has 0 saturated heterocycles. The van der Waals surface area contributed by atoms with Crippen LogP contribution >= 0.6 is 0 Å². The van der Waals surface area contributed by atoms with Crippen molar-refractivity contribution in [1.82, 2.24) is 10.2 Å². The van der Waals surface area contributed by atoms with Gasteiger partial charge in [0.25, 0.3) is 5.91 Å². The van der Waals surface area contributed by atoms with Crippen LogP contribution in [0.2, 0.25) is 0 Å². The third-order valence-corrected chi connectivity index (χ3v) is 6.01. The average Bonchev–Trinajstić information content (AvgIpc) is 3.18. The molecule has 1 aliphatic heterocycles. The average molecular weight is 445 g/mol. The van der Waals surface area contributed by atoms with Gasteiger partial charge >= 0.3 is 0 Å². The van der Waals surface area contributed by atoms with Gasteiger partial charge in [-0.3, -0.25) is 9.59 Å². The van der Waals surface area contributed by atoms with Crippen molar-refractivity contribution in [2.75, 3.05) is 14.2 Å². The van der Waals surface area contributed by atoms with Crippen LogP contribution in [0.25, 0.3) is 0 Å². The summed E-state index contributed by atoms with van der Waals surface area (Å²) in [6.45, 7) is 2.92. The van der Waals surface area contributed by atoms with Crippen LogP contribution in [0.1, 0.15) is 45.1 Å². The summed E-state index contributed by atoms with van der Waals surface area (Å²) in [5.74, 6) is 0.958. The van der Waals surface area contributed by atoms with E-state index in [-0.39, 0.29) is 18.2 Å². The van der Waals surface area contributed by atoms with Gasteiger partial charge in [-0.1, -0.05) is 54.1 Å². The van der Waals surface area contributed by atoms with E-state index < -0.39 is 6.04 Å². The molecule has 1 atom stereocenters. The Balaban J connectivity index is 1.58. The van der Waals surface area contributed by atoms with Gasteiger partial charge in [0.1, 0.15) is 0 Å². The molecule has 170 valence electrons. The lowest BCUT2D eigenvalue weighted by molar-refractivity contribution is -0.122. The van der Waals surface area contributed by atoms with E-state index in [0.29, 0.717) is 30.2 Å². The van der Waals surface area contributed by atoms with Crippen molar-refractivity contribution < 1.29 is 19.1 Å². The van der Waals surface area contributed by atoms with Crippen molar-refractivity contribution in [3.63, 3.8) is 0 Å². The molecule has 4 rings (SSSR count). The third-order valence-electron chi connectivity index (χ3n) is 6.01. The zero-order valence-electron chi connectivity index (χ0n) is 19.1. The lowest BCUT2D eigenvalue weighted by Gasteiger charge is -2.28. The molecule has 6 heteroatoms. The molecule has 1 aliphatic rings. The van der Waals surface area contributed by atoms with Gasteiger partial charge in [-0.2, -0.15) is 0 Å². The quantitative estimate of drug-likeness (QED) is 0.559. The maximum atomic E-state index is 13.2. The van der Waals surface area contributed by atoms with Crippen LogP contribution < -0.4 is 14.8 Å². The number of carbonyl (C=O) groups is 2. The van der Waals surface area contributed by atoms with E-state index in [1.807, 2.05) is 67.6 Å². The summed E-state index contributed by atoms with van der Waals surface area (Å²) in [4.78, 5) is 28.0. The molecule has 3 aromatic carbocycles. The molecule has 6 nitrogen and oxygen atoms in total. The first kappa shape index (κ1) is 22.4. The van der Waals surface area contributed by atoms with Crippen LogP contribution in [0.3, 0.4) is 0 Å². The molecule has 0 bridgehead atoms. The number of hydrogen-bond donors (Lipinski definition) is 1. The molecule has 1 heterocycles. The molecule has 0 saturated carbocycles. The first-order chi connectivity index (χ1) is 16.0. The standard InChI is InChI=1S/C27H28N2O4/c1-18-8-10-19(11-9-18)16-28-26(30)15-23(20-12-13-24(32-2)25(14-20)33-3)29-17-21-6-4-5-7-22(21)27(29)31/h4-14,23H,15-17H2,1-3H3,(H,28,30)/t23-/m0/s1. The highest BCUT2D eigenvalue weighted by atomic mass is 16.5. The Hall–Kier alpha value is -3.80. The number of benzene rings is 3. The molecule has 1 N–H and O–H groups in total. The van der Waals surface area contributed by atoms with Crippen LogP contribution in [0, 0.1) is 6.92 Å². The van der Waals surface area contributed by atoms with Crippen LogP contribution in [-0.2, 0) is 17.9 Å². The number of aryl methyl sites for hydroxylation is 1. The van der Waals surface area contributed by atoms with Crippen molar-refractivity contribution in [2.45, 2.75) is 32.5 Å². The fourth-order valence-corrected chi connectivity index (χ4v) is 4.15. The Morgan fingerprint density at radius 1 is 1.00 bits per heavy atom. The zero-order chi connectivity index (χ0) is 23.4. The number of amides is 2. The fourth-order valence-electron chi connectivity index (χ4n) is 4.15. The van der Waals surface area contributed by atoms with E-state index in [1.54, 1.807) is 25.2 Å². The monoisotopic (exact) mass is 444 g/mol. The second-order valence-corrected chi connectivity index (χ2v) is 8.19. The topological polar surface area (TPSA) is 67.9 Å². The highest BCUT2D eigenvalue weighted by Gasteiger charge is 2.34. The van der Waals surface area contributed by atoms with Crippen LogP contribution in [0.4, 0.5) is 0 Å². The molecule has 0 radical (unpaired) electrons. The smallest absolute Gasteiger partial charge is 0.255 e. The molecule has 0 unspecified atom stereocenters. The molecular formula is C27H28N2O4. The normalized spacial score (nSPS) is 13.4. The number of fused-ring (bicyclic) bond motifs is 1. The first-order valence-corrected chi connectivity index (χ1v) is 10.9. The molecule has 33 heavy (non-hydrogen) atoms. The fraction of sp³-hybridized carbons (Fsp3) is 0.259. The molecule has 0 spiro atoms. The van der Waals surface area contributed by atoms with Crippen molar-refractivity contribution >= 4 is 11.8 Å². The Labute approximate surface area is 194 Å². The second kappa shape index (κ2) is 9.77. The minimum Gasteiger partial charge on any atom is -0.493 e. The van der Waals surface area contributed by atoms with E-state index in [2.05, 4.69) is 5.32 Å². The molecule has 2 amide bonds. The largest absolute Gasteiger partial charge is 0.493 e. The van der Waals surface area contributed by atoms with Crippen LogP contribution in [-0.4, -0.2) is 30.9 Å². The summed E-state index contributed by atoms with van der Waals surface area (Å²) in [6.07, 6.45) is 0.140. The lowest BCUT2D eigenvalue weighted by Crippen LogP contribution is -2.34. The predicted octanol–water partition coefficient (Wildman–Crippen LogP) is 4.42. The van der Waals surface area contributed by atoms with E-state index in [9.17, 15) is 9.59 Å². The number of carbonyl (C=O) groups excluding carboxylic acids is 2. The second-order valence-electron chi connectivity index (χ2n) is 8.19. The van der Waals surface area contributed by atoms with Crippen molar-refractivity contribution in [3.05, 3.63) is 94.5 Å². The molecule has 0 fully saturated rings. The number of nitrogens with zero attached hydrogens (tertiary/aromatic N) is 1. The first-order valence-electron chi connectivity index (χ1n) is 10.9. The van der Waals surface area contributed by atoms with Gasteiger partial charge in [-0.15, -0.1) is 0 Å². The van der Waals surface area contributed by atoms with E-state index in [1.165, 1.54) is 5.56 Å². The Kier molecular flexibility index (Phi) is 6.63. The summed E-state index contributed by atoms with van der Waals surface area (Å²) >= 11 is 0. The number of rotatable bonds is 8. The number of ether oxygens (including phenoxy) is 2. The summed E-state index contributed by atoms with van der Waals surface area (Å²) in [5, 5.41) is 3.00. The molecule has 0 aromatic heterocycles. The van der Waals surface area contributed by atoms with Gasteiger partial charge < -0.3 is 19.7 Å². The highest BCUT2D eigenvalue weighted by molar-refractivity contribution is 5.98. The van der Waals surface area contributed by atoms with Gasteiger partial charge in [-0.25, -0.2) is 0 Å². The maximum absolute atomic E-state index is 13.2. The third kappa shape index (κ3) is 4.85. The van der Waals surface area contributed by atoms with Crippen molar-refractivity contribution in [2.24, 2.45) is 0 Å². The van der Waals surface area contributed by atoms with Crippen molar-refractivity contribution in [3.8, 4) is 11.5 Å². The zero-order valence-corrected chi connectivity index (χ0v) is 19.1. The molecule has 3 aromatic rings. The number of methoxy groups -OCH3 is 2. The SMILES string of the molecule is COc1ccc([C@H](CC(=O)NCc2ccc(C)cc2)N2Cc3ccccc3C2=O)cc1OC. The van der Waals surface area contributed by atoms with E-state index >= 15 is 0 Å². The van der Waals surface area contributed by atoms with E-state index in [0.717, 1.165) is 16.7 Å². The maximum Gasteiger partial charge on any atom is 0.255 e. The number of nitrogens with one attached hydrogen (secondary N) is 1.